The van der Waals surface area contributed by atoms with Crippen molar-refractivity contribution in [1.82, 2.24) is 0 Å². The van der Waals surface area contributed by atoms with Crippen molar-refractivity contribution >= 4 is 33.0 Å². The Balaban J connectivity index is 1.52. The second-order valence-corrected chi connectivity index (χ2v) is 9.05. The lowest BCUT2D eigenvalue weighted by molar-refractivity contribution is 1.28. The van der Waals surface area contributed by atoms with Crippen LogP contribution in [0.15, 0.2) is 132 Å². The molecule has 33 heavy (non-hydrogen) atoms. The number of hydrogen-bond donors (Lipinski definition) is 0. The minimum atomic E-state index is 1.07. The molecule has 160 valence electrons. The monoisotopic (exact) mass is 489 g/mol. The zero-order valence-corrected chi connectivity index (χ0v) is 20.0. The molecule has 0 unspecified atom stereocenters. The van der Waals surface area contributed by atoms with Gasteiger partial charge in [0.1, 0.15) is 0 Å². The Morgan fingerprint density at radius 3 is 1.24 bits per heavy atom. The van der Waals surface area contributed by atoms with Gasteiger partial charge in [0, 0.05) is 21.5 Å². The Labute approximate surface area is 204 Å². The molecule has 0 atom stereocenters. The minimum absolute atomic E-state index is 1.07. The van der Waals surface area contributed by atoms with Crippen LogP contribution < -0.4 is 4.90 Å². The van der Waals surface area contributed by atoms with Gasteiger partial charge >= 0.3 is 0 Å². The van der Waals surface area contributed by atoms with Crippen molar-refractivity contribution in [1.29, 1.82) is 0 Å². The molecule has 0 aliphatic heterocycles. The van der Waals surface area contributed by atoms with Crippen molar-refractivity contribution in [3.05, 3.63) is 137 Å². The molecular weight excluding hydrogens is 466 g/mol. The van der Waals surface area contributed by atoms with Crippen LogP contribution >= 0.6 is 15.9 Å². The van der Waals surface area contributed by atoms with Gasteiger partial charge in [0.25, 0.3) is 0 Å². The van der Waals surface area contributed by atoms with E-state index in [1.807, 2.05) is 6.07 Å². The summed E-state index contributed by atoms with van der Waals surface area (Å²) in [7, 11) is 0. The Hall–Kier alpha value is -3.62. The number of nitrogens with zero attached hydrogens (tertiary/aromatic N) is 1. The predicted octanol–water partition coefficient (Wildman–Crippen LogP) is 9.56. The lowest BCUT2D eigenvalue weighted by Gasteiger charge is -2.26. The summed E-state index contributed by atoms with van der Waals surface area (Å²) in [6.07, 6.45) is 0. The maximum atomic E-state index is 3.56. The van der Waals surface area contributed by atoms with Gasteiger partial charge in [0.05, 0.1) is 0 Å². The van der Waals surface area contributed by atoms with E-state index >= 15 is 0 Å². The Kier molecular flexibility index (Phi) is 6.10. The van der Waals surface area contributed by atoms with Crippen LogP contribution in [0.2, 0.25) is 0 Å². The number of anilines is 3. The van der Waals surface area contributed by atoms with Crippen LogP contribution in [0, 0.1) is 6.92 Å². The summed E-state index contributed by atoms with van der Waals surface area (Å²) in [6.45, 7) is 2.12. The fourth-order valence-corrected chi connectivity index (χ4v) is 4.28. The summed E-state index contributed by atoms with van der Waals surface area (Å²) < 4.78 is 1.07. The Morgan fingerprint density at radius 1 is 0.424 bits per heavy atom. The third-order valence-electron chi connectivity index (χ3n) is 5.83. The topological polar surface area (TPSA) is 3.24 Å². The standard InChI is InChI=1S/C31H24BrN/c1-23-7-9-25(10-8-23)27-13-19-30(20-14-27)33(31-21-15-28(32)16-22-31)29-17-11-26(12-18-29)24-5-3-2-4-6-24/h2-22H,1H3. The van der Waals surface area contributed by atoms with Crippen LogP contribution in [0.4, 0.5) is 17.1 Å². The van der Waals surface area contributed by atoms with Crippen molar-refractivity contribution in [2.75, 3.05) is 4.90 Å². The zero-order chi connectivity index (χ0) is 22.6. The van der Waals surface area contributed by atoms with E-state index in [-0.39, 0.29) is 0 Å². The SMILES string of the molecule is Cc1ccc(-c2ccc(N(c3ccc(Br)cc3)c3ccc(-c4ccccc4)cc3)cc2)cc1. The highest BCUT2D eigenvalue weighted by molar-refractivity contribution is 9.10. The molecule has 0 aliphatic rings. The van der Waals surface area contributed by atoms with Crippen molar-refractivity contribution < 1.29 is 0 Å². The number of aryl methyl sites for hydroxylation is 1. The number of rotatable bonds is 5. The molecule has 5 rings (SSSR count). The number of hydrogen-bond acceptors (Lipinski definition) is 1. The fourth-order valence-electron chi connectivity index (χ4n) is 4.02. The van der Waals surface area contributed by atoms with Crippen LogP contribution in [-0.4, -0.2) is 0 Å². The normalized spacial score (nSPS) is 10.7. The summed E-state index contributed by atoms with van der Waals surface area (Å²) in [5, 5.41) is 0. The maximum Gasteiger partial charge on any atom is 0.0462 e. The van der Waals surface area contributed by atoms with Gasteiger partial charge in [-0.25, -0.2) is 0 Å². The van der Waals surface area contributed by atoms with Gasteiger partial charge in [0.2, 0.25) is 0 Å². The molecule has 0 saturated carbocycles. The van der Waals surface area contributed by atoms with Crippen LogP contribution in [0.5, 0.6) is 0 Å². The summed E-state index contributed by atoms with van der Waals surface area (Å²) in [5.74, 6) is 0. The summed E-state index contributed by atoms with van der Waals surface area (Å²) >= 11 is 3.56. The third-order valence-corrected chi connectivity index (χ3v) is 6.36. The molecule has 0 aromatic heterocycles. The molecule has 0 aliphatic carbocycles. The molecule has 0 radical (unpaired) electrons. The molecular formula is C31H24BrN. The van der Waals surface area contributed by atoms with Crippen LogP contribution in [0.25, 0.3) is 22.3 Å². The zero-order valence-electron chi connectivity index (χ0n) is 18.4. The summed E-state index contributed by atoms with van der Waals surface area (Å²) in [4.78, 5) is 2.29. The molecule has 0 amide bonds. The fraction of sp³-hybridized carbons (Fsp3) is 0.0323. The Bertz CT molecular complexity index is 1320. The average molecular weight is 490 g/mol. The lowest BCUT2D eigenvalue weighted by atomic mass is 10.0. The number of benzene rings is 5. The summed E-state index contributed by atoms with van der Waals surface area (Å²) in [6, 6.07) is 45.2. The number of halogens is 1. The van der Waals surface area contributed by atoms with Gasteiger partial charge in [-0.2, -0.15) is 0 Å². The second-order valence-electron chi connectivity index (χ2n) is 8.14. The second kappa shape index (κ2) is 9.48. The van der Waals surface area contributed by atoms with Gasteiger partial charge in [-0.3, -0.25) is 0 Å². The van der Waals surface area contributed by atoms with Gasteiger partial charge in [0.15, 0.2) is 0 Å². The minimum Gasteiger partial charge on any atom is -0.311 e. The van der Waals surface area contributed by atoms with E-state index < -0.39 is 0 Å². The molecule has 5 aromatic carbocycles. The van der Waals surface area contributed by atoms with Crippen molar-refractivity contribution in [3.8, 4) is 22.3 Å². The van der Waals surface area contributed by atoms with Crippen LogP contribution in [0.1, 0.15) is 5.56 Å². The van der Waals surface area contributed by atoms with E-state index in [0.717, 1.165) is 21.5 Å². The molecule has 5 aromatic rings. The van der Waals surface area contributed by atoms with Crippen molar-refractivity contribution in [2.45, 2.75) is 6.92 Å². The van der Waals surface area contributed by atoms with E-state index in [1.54, 1.807) is 0 Å². The van der Waals surface area contributed by atoms with Crippen LogP contribution in [-0.2, 0) is 0 Å². The lowest BCUT2D eigenvalue weighted by Crippen LogP contribution is -2.09. The highest BCUT2D eigenvalue weighted by atomic mass is 79.9. The van der Waals surface area contributed by atoms with Gasteiger partial charge in [-0.1, -0.05) is 100 Å². The molecule has 0 saturated heterocycles. The highest BCUT2D eigenvalue weighted by Gasteiger charge is 2.13. The Morgan fingerprint density at radius 2 is 0.788 bits per heavy atom. The van der Waals surface area contributed by atoms with E-state index in [1.165, 1.54) is 27.8 Å². The first kappa shape index (κ1) is 21.2. The van der Waals surface area contributed by atoms with E-state index in [4.69, 9.17) is 0 Å². The first-order chi connectivity index (χ1) is 16.2. The molecule has 0 N–H and O–H groups in total. The average Bonchev–Trinajstić information content (AvgIpc) is 2.87. The predicted molar refractivity (Wildman–Crippen MR) is 144 cm³/mol. The van der Waals surface area contributed by atoms with Gasteiger partial charge in [-0.05, 0) is 77.7 Å². The van der Waals surface area contributed by atoms with E-state index in [0.29, 0.717) is 0 Å². The molecule has 0 bridgehead atoms. The highest BCUT2D eigenvalue weighted by Crippen LogP contribution is 2.37. The van der Waals surface area contributed by atoms with Crippen molar-refractivity contribution in [3.63, 3.8) is 0 Å². The molecule has 0 heterocycles. The third kappa shape index (κ3) is 4.76. The van der Waals surface area contributed by atoms with Gasteiger partial charge < -0.3 is 4.90 Å². The first-order valence-corrected chi connectivity index (χ1v) is 11.8. The maximum absolute atomic E-state index is 3.56. The molecule has 1 nitrogen and oxygen atoms in total. The van der Waals surface area contributed by atoms with E-state index in [9.17, 15) is 0 Å². The van der Waals surface area contributed by atoms with Crippen molar-refractivity contribution in [2.24, 2.45) is 0 Å². The quantitative estimate of drug-likeness (QED) is 0.237. The molecule has 0 spiro atoms. The smallest absolute Gasteiger partial charge is 0.0462 e. The summed E-state index contributed by atoms with van der Waals surface area (Å²) in [5.41, 5.74) is 9.53. The van der Waals surface area contributed by atoms with E-state index in [2.05, 4.69) is 149 Å². The van der Waals surface area contributed by atoms with Gasteiger partial charge in [-0.15, -0.1) is 0 Å². The first-order valence-electron chi connectivity index (χ1n) is 11.1. The molecule has 0 fully saturated rings. The molecule has 2 heteroatoms. The van der Waals surface area contributed by atoms with Crippen LogP contribution in [0.3, 0.4) is 0 Å². The largest absolute Gasteiger partial charge is 0.311 e.